The predicted octanol–water partition coefficient (Wildman–Crippen LogP) is 5.54. The molecule has 33 heavy (non-hydrogen) atoms. The van der Waals surface area contributed by atoms with Crippen LogP contribution in [-0.4, -0.2) is 56.6 Å². The van der Waals surface area contributed by atoms with E-state index in [1.165, 1.54) is 27.8 Å². The molecule has 5 heteroatoms. The van der Waals surface area contributed by atoms with E-state index in [0.29, 0.717) is 19.8 Å². The van der Waals surface area contributed by atoms with E-state index in [9.17, 15) is 4.79 Å². The summed E-state index contributed by atoms with van der Waals surface area (Å²) in [6.07, 6.45) is 7.24. The maximum atomic E-state index is 13.1. The summed E-state index contributed by atoms with van der Waals surface area (Å²) >= 11 is 0. The monoisotopic (exact) mass is 447 g/mol. The van der Waals surface area contributed by atoms with Crippen LogP contribution in [0.1, 0.15) is 49.1 Å². The Balaban J connectivity index is 1.18. The lowest BCUT2D eigenvalue weighted by atomic mass is 9.97. The van der Waals surface area contributed by atoms with Crippen LogP contribution in [0.15, 0.2) is 60.2 Å². The van der Waals surface area contributed by atoms with E-state index < -0.39 is 0 Å². The summed E-state index contributed by atoms with van der Waals surface area (Å²) in [4.78, 5) is 15.1. The van der Waals surface area contributed by atoms with Crippen LogP contribution in [0.5, 0.6) is 0 Å². The Bertz CT molecular complexity index is 971. The Morgan fingerprint density at radius 3 is 2.39 bits per heavy atom. The summed E-state index contributed by atoms with van der Waals surface area (Å²) in [7, 11) is 1.69. The second-order valence-electron chi connectivity index (χ2n) is 9.25. The highest BCUT2D eigenvalue weighted by molar-refractivity contribution is 5.79. The van der Waals surface area contributed by atoms with E-state index in [0.717, 1.165) is 38.7 Å². The van der Waals surface area contributed by atoms with Crippen LogP contribution in [-0.2, 0) is 14.2 Å². The highest BCUT2D eigenvalue weighted by atomic mass is 16.6. The Morgan fingerprint density at radius 2 is 1.70 bits per heavy atom. The molecule has 1 fully saturated rings. The third kappa shape index (κ3) is 4.57. The smallest absolute Gasteiger partial charge is 0.410 e. The molecule has 0 N–H and O–H groups in total. The Morgan fingerprint density at radius 1 is 0.970 bits per heavy atom. The van der Waals surface area contributed by atoms with Crippen molar-refractivity contribution in [3.8, 4) is 11.1 Å². The van der Waals surface area contributed by atoms with Gasteiger partial charge in [0, 0.05) is 25.7 Å². The van der Waals surface area contributed by atoms with Crippen LogP contribution in [0.4, 0.5) is 4.79 Å². The molecule has 2 aromatic carbocycles. The van der Waals surface area contributed by atoms with Gasteiger partial charge in [-0.05, 0) is 54.4 Å². The van der Waals surface area contributed by atoms with Crippen molar-refractivity contribution in [3.63, 3.8) is 0 Å². The van der Waals surface area contributed by atoms with Crippen LogP contribution in [0.2, 0.25) is 0 Å². The molecule has 5 nitrogen and oxygen atoms in total. The SMILES string of the molecule is COCCOCCCC1=CC2CCC(C1)N2C(=O)OCC1c2ccccc2-c2ccccc21. The van der Waals surface area contributed by atoms with Crippen LogP contribution in [0.25, 0.3) is 11.1 Å². The van der Waals surface area contributed by atoms with Gasteiger partial charge >= 0.3 is 6.09 Å². The molecule has 2 heterocycles. The summed E-state index contributed by atoms with van der Waals surface area (Å²) in [5.74, 6) is 0.105. The minimum absolute atomic E-state index is 0.105. The van der Waals surface area contributed by atoms with Gasteiger partial charge in [0.2, 0.25) is 0 Å². The van der Waals surface area contributed by atoms with Crippen molar-refractivity contribution in [1.29, 1.82) is 0 Å². The predicted molar refractivity (Wildman–Crippen MR) is 128 cm³/mol. The quantitative estimate of drug-likeness (QED) is 0.374. The number of carbonyl (C=O) groups excluding carboxylic acids is 1. The van der Waals surface area contributed by atoms with Gasteiger partial charge in [-0.1, -0.05) is 60.2 Å². The molecule has 2 unspecified atom stereocenters. The molecule has 1 saturated heterocycles. The van der Waals surface area contributed by atoms with Gasteiger partial charge < -0.3 is 14.2 Å². The molecular formula is C28H33NO4. The highest BCUT2D eigenvalue weighted by Crippen LogP contribution is 2.45. The number of benzene rings is 2. The molecule has 2 aliphatic heterocycles. The third-order valence-corrected chi connectivity index (χ3v) is 7.24. The average Bonchev–Trinajstić information content (AvgIpc) is 3.31. The normalized spacial score (nSPS) is 21.0. The number of amides is 1. The first kappa shape index (κ1) is 22.2. The Kier molecular flexibility index (Phi) is 6.79. The van der Waals surface area contributed by atoms with Gasteiger partial charge in [-0.2, -0.15) is 0 Å². The van der Waals surface area contributed by atoms with Crippen LogP contribution in [0, 0.1) is 0 Å². The largest absolute Gasteiger partial charge is 0.448 e. The standard InChI is InChI=1S/C28H33NO4/c1-31-15-16-32-14-6-7-20-17-21-12-13-22(18-20)29(21)28(30)33-19-27-25-10-4-2-8-23(25)24-9-3-5-11-26(24)27/h2-5,8-11,17,21-22,27H,6-7,12-16,18-19H2,1H3. The average molecular weight is 448 g/mol. The number of carbonyl (C=O) groups is 1. The number of ether oxygens (including phenoxy) is 3. The number of rotatable bonds is 9. The molecule has 0 saturated carbocycles. The Hall–Kier alpha value is -2.63. The molecular weight excluding hydrogens is 414 g/mol. The van der Waals surface area contributed by atoms with Gasteiger partial charge in [0.05, 0.1) is 19.3 Å². The topological polar surface area (TPSA) is 48.0 Å². The molecule has 3 aliphatic rings. The summed E-state index contributed by atoms with van der Waals surface area (Å²) in [6.45, 7) is 2.43. The van der Waals surface area contributed by atoms with E-state index in [-0.39, 0.29) is 24.1 Å². The molecule has 2 bridgehead atoms. The van der Waals surface area contributed by atoms with E-state index in [1.807, 2.05) is 4.90 Å². The minimum Gasteiger partial charge on any atom is -0.448 e. The Labute approximate surface area is 196 Å². The molecule has 0 radical (unpaired) electrons. The van der Waals surface area contributed by atoms with Gasteiger partial charge in [-0.3, -0.25) is 4.90 Å². The summed E-state index contributed by atoms with van der Waals surface area (Å²) < 4.78 is 16.6. The molecule has 1 amide bonds. The lowest BCUT2D eigenvalue weighted by Crippen LogP contribution is -2.43. The molecule has 2 aromatic rings. The fourth-order valence-electron chi connectivity index (χ4n) is 5.70. The molecule has 0 aromatic heterocycles. The molecule has 1 aliphatic carbocycles. The van der Waals surface area contributed by atoms with Crippen LogP contribution in [0.3, 0.4) is 0 Å². The lowest BCUT2D eigenvalue weighted by Gasteiger charge is -2.33. The zero-order valence-electron chi connectivity index (χ0n) is 19.4. The number of fused-ring (bicyclic) bond motifs is 5. The van der Waals surface area contributed by atoms with Gasteiger partial charge in [0.25, 0.3) is 0 Å². The van der Waals surface area contributed by atoms with Crippen molar-refractivity contribution >= 4 is 6.09 Å². The first-order valence-corrected chi connectivity index (χ1v) is 12.2. The summed E-state index contributed by atoms with van der Waals surface area (Å²) in [5, 5.41) is 0. The second kappa shape index (κ2) is 10.1. The third-order valence-electron chi connectivity index (χ3n) is 7.24. The maximum Gasteiger partial charge on any atom is 0.410 e. The highest BCUT2D eigenvalue weighted by Gasteiger charge is 2.40. The molecule has 174 valence electrons. The van der Waals surface area contributed by atoms with Gasteiger partial charge in [0.15, 0.2) is 0 Å². The number of methoxy groups -OCH3 is 1. The van der Waals surface area contributed by atoms with Crippen molar-refractivity contribution in [2.75, 3.05) is 33.5 Å². The number of hydrogen-bond acceptors (Lipinski definition) is 4. The second-order valence-corrected chi connectivity index (χ2v) is 9.25. The van der Waals surface area contributed by atoms with E-state index in [2.05, 4.69) is 54.6 Å². The first-order valence-electron chi connectivity index (χ1n) is 12.2. The van der Waals surface area contributed by atoms with Crippen molar-refractivity contribution in [1.82, 2.24) is 4.90 Å². The molecule has 0 spiro atoms. The van der Waals surface area contributed by atoms with Gasteiger partial charge in [-0.25, -0.2) is 4.79 Å². The van der Waals surface area contributed by atoms with Crippen LogP contribution >= 0.6 is 0 Å². The fraction of sp³-hybridized carbons (Fsp3) is 0.464. The van der Waals surface area contributed by atoms with Crippen molar-refractivity contribution in [3.05, 3.63) is 71.3 Å². The van der Waals surface area contributed by atoms with Crippen molar-refractivity contribution in [2.24, 2.45) is 0 Å². The maximum absolute atomic E-state index is 13.1. The number of nitrogens with zero attached hydrogens (tertiary/aromatic N) is 1. The first-order chi connectivity index (χ1) is 16.3. The number of hydrogen-bond donors (Lipinski definition) is 0. The lowest BCUT2D eigenvalue weighted by molar-refractivity contribution is 0.0688. The zero-order chi connectivity index (χ0) is 22.6. The van der Waals surface area contributed by atoms with Crippen molar-refractivity contribution < 1.29 is 19.0 Å². The van der Waals surface area contributed by atoms with E-state index in [1.54, 1.807) is 7.11 Å². The van der Waals surface area contributed by atoms with Gasteiger partial charge in [-0.15, -0.1) is 0 Å². The summed E-state index contributed by atoms with van der Waals surface area (Å²) in [6, 6.07) is 17.4. The molecule has 5 rings (SSSR count). The fourth-order valence-corrected chi connectivity index (χ4v) is 5.70. The summed E-state index contributed by atoms with van der Waals surface area (Å²) in [5.41, 5.74) is 6.48. The van der Waals surface area contributed by atoms with E-state index in [4.69, 9.17) is 14.2 Å². The molecule has 2 atom stereocenters. The van der Waals surface area contributed by atoms with E-state index >= 15 is 0 Å². The van der Waals surface area contributed by atoms with Crippen molar-refractivity contribution in [2.45, 2.75) is 50.1 Å². The zero-order valence-corrected chi connectivity index (χ0v) is 19.4. The van der Waals surface area contributed by atoms with Gasteiger partial charge in [0.1, 0.15) is 6.61 Å². The van der Waals surface area contributed by atoms with Crippen LogP contribution < -0.4 is 0 Å². The minimum atomic E-state index is -0.164.